The topological polar surface area (TPSA) is 156 Å². The number of para-hydroxylation sites is 2. The number of hydrogen-bond donors (Lipinski definition) is 4. The highest BCUT2D eigenvalue weighted by atomic mass is 31.2. The molecule has 3 aromatic rings. The van der Waals surface area contributed by atoms with Crippen molar-refractivity contribution in [3.63, 3.8) is 0 Å². The van der Waals surface area contributed by atoms with Crippen LogP contribution in [0, 0.1) is 5.92 Å². The number of phosphoric ester groups is 1. The minimum atomic E-state index is -4.71. The van der Waals surface area contributed by atoms with Crippen LogP contribution in [0.1, 0.15) is 25.3 Å². The quantitative estimate of drug-likeness (QED) is 0.245. The Morgan fingerprint density at radius 2 is 1.84 bits per heavy atom. The summed E-state index contributed by atoms with van der Waals surface area (Å²) >= 11 is 0. The van der Waals surface area contributed by atoms with Crippen molar-refractivity contribution >= 4 is 24.8 Å². The third-order valence-electron chi connectivity index (χ3n) is 4.22. The van der Waals surface area contributed by atoms with Gasteiger partial charge >= 0.3 is 7.82 Å². The molecule has 0 radical (unpaired) electrons. The molecule has 0 spiro atoms. The van der Waals surface area contributed by atoms with E-state index in [0.717, 1.165) is 0 Å². The van der Waals surface area contributed by atoms with Crippen molar-refractivity contribution in [3.05, 3.63) is 47.9 Å². The molecule has 0 aliphatic heterocycles. The van der Waals surface area contributed by atoms with Crippen LogP contribution >= 0.6 is 7.82 Å². The SMILES string of the molecule is CC(C)C(=O)NCCNCc1nc2ccccc2nc1OCc1ccc(OP(=O)(O)O)o1. The first kappa shape index (κ1) is 23.7. The number of hydrogen-bond acceptors (Lipinski definition) is 8. The van der Waals surface area contributed by atoms with E-state index in [4.69, 9.17) is 18.9 Å². The minimum absolute atomic E-state index is 0.0122. The van der Waals surface area contributed by atoms with E-state index in [1.54, 1.807) is 0 Å². The number of carbonyl (C=O) groups is 1. The predicted molar refractivity (Wildman–Crippen MR) is 115 cm³/mol. The maximum atomic E-state index is 11.6. The average Bonchev–Trinajstić information content (AvgIpc) is 3.17. The minimum Gasteiger partial charge on any atom is -0.468 e. The highest BCUT2D eigenvalue weighted by molar-refractivity contribution is 7.46. The van der Waals surface area contributed by atoms with Crippen molar-refractivity contribution in [2.75, 3.05) is 13.1 Å². The fraction of sp³-hybridized carbons (Fsp3) is 0.350. The van der Waals surface area contributed by atoms with Crippen molar-refractivity contribution in [1.29, 1.82) is 0 Å². The molecular formula is C20H25N4O7P. The number of phosphoric acid groups is 1. The summed E-state index contributed by atoms with van der Waals surface area (Å²) in [6.07, 6.45) is 0. The number of carbonyl (C=O) groups excluding carboxylic acids is 1. The Bertz CT molecular complexity index is 1110. The van der Waals surface area contributed by atoms with E-state index in [0.29, 0.717) is 42.1 Å². The number of aromatic nitrogens is 2. The van der Waals surface area contributed by atoms with E-state index in [-0.39, 0.29) is 30.3 Å². The van der Waals surface area contributed by atoms with Gasteiger partial charge in [-0.3, -0.25) is 14.6 Å². The zero-order valence-electron chi connectivity index (χ0n) is 17.6. The largest absolute Gasteiger partial charge is 0.527 e. The Morgan fingerprint density at radius 1 is 1.12 bits per heavy atom. The second kappa shape index (κ2) is 10.6. The lowest BCUT2D eigenvalue weighted by molar-refractivity contribution is -0.123. The summed E-state index contributed by atoms with van der Waals surface area (Å²) in [6.45, 7) is 4.98. The highest BCUT2D eigenvalue weighted by Gasteiger charge is 2.19. The number of fused-ring (bicyclic) bond motifs is 1. The van der Waals surface area contributed by atoms with Gasteiger partial charge in [0.25, 0.3) is 5.95 Å². The van der Waals surface area contributed by atoms with Gasteiger partial charge in [-0.15, -0.1) is 0 Å². The molecule has 4 N–H and O–H groups in total. The van der Waals surface area contributed by atoms with Gasteiger partial charge in [0.05, 0.1) is 11.0 Å². The number of ether oxygens (including phenoxy) is 1. The molecule has 0 aliphatic carbocycles. The first-order valence-corrected chi connectivity index (χ1v) is 11.4. The fourth-order valence-electron chi connectivity index (χ4n) is 2.68. The zero-order valence-corrected chi connectivity index (χ0v) is 18.5. The van der Waals surface area contributed by atoms with Gasteiger partial charge in [0.1, 0.15) is 18.1 Å². The first-order chi connectivity index (χ1) is 15.2. The Balaban J connectivity index is 1.65. The lowest BCUT2D eigenvalue weighted by atomic mass is 10.2. The van der Waals surface area contributed by atoms with E-state index in [1.807, 2.05) is 38.1 Å². The van der Waals surface area contributed by atoms with Crippen LogP contribution < -0.4 is 19.9 Å². The summed E-state index contributed by atoms with van der Waals surface area (Å²) in [4.78, 5) is 38.5. The van der Waals surface area contributed by atoms with Gasteiger partial charge in [-0.25, -0.2) is 14.5 Å². The summed E-state index contributed by atoms with van der Waals surface area (Å²) in [5.74, 6) is 0.180. The molecule has 0 saturated carbocycles. The number of nitrogens with one attached hydrogen (secondary N) is 2. The van der Waals surface area contributed by atoms with Crippen LogP contribution in [0.2, 0.25) is 0 Å². The molecule has 0 saturated heterocycles. The van der Waals surface area contributed by atoms with Crippen molar-refractivity contribution in [2.45, 2.75) is 27.0 Å². The number of amides is 1. The van der Waals surface area contributed by atoms with Gasteiger partial charge in [0.2, 0.25) is 11.8 Å². The van der Waals surface area contributed by atoms with Crippen LogP contribution in [-0.2, 0) is 22.5 Å². The smallest absolute Gasteiger partial charge is 0.468 e. The van der Waals surface area contributed by atoms with Gasteiger partial charge in [0.15, 0.2) is 0 Å². The van der Waals surface area contributed by atoms with Gasteiger partial charge in [0, 0.05) is 31.6 Å². The lowest BCUT2D eigenvalue weighted by Crippen LogP contribution is -2.34. The molecule has 0 atom stereocenters. The van der Waals surface area contributed by atoms with Crippen LogP contribution in [0.4, 0.5) is 0 Å². The number of nitrogens with zero attached hydrogens (tertiary/aromatic N) is 2. The Morgan fingerprint density at radius 3 is 2.53 bits per heavy atom. The molecule has 0 aliphatic rings. The van der Waals surface area contributed by atoms with E-state index < -0.39 is 7.82 Å². The van der Waals surface area contributed by atoms with E-state index in [9.17, 15) is 9.36 Å². The van der Waals surface area contributed by atoms with Crippen molar-refractivity contribution < 1.29 is 32.8 Å². The first-order valence-electron chi connectivity index (χ1n) is 9.92. The standard InChI is InChI=1S/C20H25N4O7P/c1-13(2)19(25)22-10-9-21-11-17-20(24-16-6-4-3-5-15(16)23-17)29-12-14-7-8-18(30-14)31-32(26,27)28/h3-8,13,21H,9-12H2,1-2H3,(H,22,25)(H2,26,27,28). The van der Waals surface area contributed by atoms with Gasteiger partial charge < -0.3 is 24.3 Å². The summed E-state index contributed by atoms with van der Waals surface area (Å²) in [5.41, 5.74) is 1.93. The predicted octanol–water partition coefficient (Wildman–Crippen LogP) is 2.14. The van der Waals surface area contributed by atoms with Crippen LogP contribution in [0.15, 0.2) is 40.8 Å². The number of benzene rings is 1. The molecule has 2 heterocycles. The van der Waals surface area contributed by atoms with Gasteiger partial charge in [-0.1, -0.05) is 26.0 Å². The zero-order chi connectivity index (χ0) is 23.1. The van der Waals surface area contributed by atoms with Crippen LogP contribution in [0.3, 0.4) is 0 Å². The van der Waals surface area contributed by atoms with Crippen molar-refractivity contribution in [2.24, 2.45) is 5.92 Å². The third kappa shape index (κ3) is 7.03. The molecule has 3 rings (SSSR count). The Hall–Kier alpha value is -2.98. The molecular weight excluding hydrogens is 439 g/mol. The molecule has 1 aromatic carbocycles. The van der Waals surface area contributed by atoms with E-state index in [1.165, 1.54) is 12.1 Å². The Labute approximate surface area is 184 Å². The summed E-state index contributed by atoms with van der Waals surface area (Å²) in [5, 5.41) is 6.03. The molecule has 0 bridgehead atoms. The molecule has 2 aromatic heterocycles. The lowest BCUT2D eigenvalue weighted by Gasteiger charge is -2.12. The fourth-order valence-corrected chi connectivity index (χ4v) is 3.01. The second-order valence-electron chi connectivity index (χ2n) is 7.18. The molecule has 0 unspecified atom stereocenters. The molecule has 1 amide bonds. The van der Waals surface area contributed by atoms with Crippen LogP contribution in [0.25, 0.3) is 11.0 Å². The van der Waals surface area contributed by atoms with Gasteiger partial charge in [-0.2, -0.15) is 0 Å². The normalized spacial score (nSPS) is 11.7. The summed E-state index contributed by atoms with van der Waals surface area (Å²) in [7, 11) is -4.71. The molecule has 12 heteroatoms. The van der Waals surface area contributed by atoms with Gasteiger partial charge in [-0.05, 0) is 18.2 Å². The van der Waals surface area contributed by atoms with Crippen LogP contribution in [-0.4, -0.2) is 38.8 Å². The maximum absolute atomic E-state index is 11.6. The van der Waals surface area contributed by atoms with Crippen LogP contribution in [0.5, 0.6) is 11.8 Å². The maximum Gasteiger partial charge on any atom is 0.527 e. The molecule has 172 valence electrons. The average molecular weight is 464 g/mol. The molecule has 0 fully saturated rings. The van der Waals surface area contributed by atoms with E-state index >= 15 is 0 Å². The number of rotatable bonds is 11. The van der Waals surface area contributed by atoms with E-state index in [2.05, 4.69) is 25.1 Å². The molecule has 32 heavy (non-hydrogen) atoms. The summed E-state index contributed by atoms with van der Waals surface area (Å²) in [6, 6.07) is 10.1. The monoisotopic (exact) mass is 464 g/mol. The third-order valence-corrected chi connectivity index (χ3v) is 4.64. The van der Waals surface area contributed by atoms with Crippen molar-refractivity contribution in [3.8, 4) is 11.8 Å². The summed E-state index contributed by atoms with van der Waals surface area (Å²) < 4.78 is 26.3. The number of furan rings is 1. The Kier molecular flexibility index (Phi) is 7.81. The van der Waals surface area contributed by atoms with Crippen molar-refractivity contribution in [1.82, 2.24) is 20.6 Å². The second-order valence-corrected chi connectivity index (χ2v) is 8.34. The highest BCUT2D eigenvalue weighted by Crippen LogP contribution is 2.38. The molecule has 11 nitrogen and oxygen atoms in total.